The third-order valence-corrected chi connectivity index (χ3v) is 9.85. The first kappa shape index (κ1) is 25.1. The molecule has 3 heterocycles. The number of rotatable bonds is 2. The molecular formula is C29H48O6. The molecule has 6 nitrogen and oxygen atoms in total. The van der Waals surface area contributed by atoms with E-state index in [1.807, 2.05) is 0 Å². The van der Waals surface area contributed by atoms with Crippen LogP contribution in [0.4, 0.5) is 0 Å². The second-order valence-electron chi connectivity index (χ2n) is 12.4. The van der Waals surface area contributed by atoms with Crippen LogP contribution in [0.5, 0.6) is 0 Å². The van der Waals surface area contributed by atoms with Gasteiger partial charge < -0.3 is 28.4 Å². The van der Waals surface area contributed by atoms with Gasteiger partial charge in [0, 0.05) is 38.5 Å². The molecule has 3 aliphatic carbocycles. The van der Waals surface area contributed by atoms with E-state index in [0.717, 1.165) is 103 Å². The lowest BCUT2D eigenvalue weighted by Crippen LogP contribution is -2.51. The van der Waals surface area contributed by atoms with Gasteiger partial charge in [-0.2, -0.15) is 0 Å². The van der Waals surface area contributed by atoms with Crippen molar-refractivity contribution in [1.29, 1.82) is 0 Å². The van der Waals surface area contributed by atoms with Crippen LogP contribution < -0.4 is 0 Å². The highest BCUT2D eigenvalue weighted by Crippen LogP contribution is 2.48. The Labute approximate surface area is 212 Å². The second-order valence-corrected chi connectivity index (χ2v) is 12.4. The van der Waals surface area contributed by atoms with Gasteiger partial charge in [-0.25, -0.2) is 0 Å². The molecule has 6 rings (SSSR count). The minimum absolute atomic E-state index is 0.239. The van der Waals surface area contributed by atoms with Crippen LogP contribution in [-0.4, -0.2) is 56.0 Å². The van der Waals surface area contributed by atoms with Crippen molar-refractivity contribution in [3.05, 3.63) is 0 Å². The van der Waals surface area contributed by atoms with Gasteiger partial charge in [0.2, 0.25) is 0 Å². The smallest absolute Gasteiger partial charge is 0.169 e. The van der Waals surface area contributed by atoms with Crippen LogP contribution in [0.25, 0.3) is 0 Å². The maximum Gasteiger partial charge on any atom is 0.169 e. The molecule has 200 valence electrons. The number of hydrogen-bond acceptors (Lipinski definition) is 6. The number of ether oxygens (including phenoxy) is 6. The molecule has 3 spiro atoms. The maximum absolute atomic E-state index is 7.09. The van der Waals surface area contributed by atoms with Gasteiger partial charge in [0.05, 0.1) is 38.6 Å². The van der Waals surface area contributed by atoms with Crippen molar-refractivity contribution >= 4 is 0 Å². The minimum atomic E-state index is -0.443. The van der Waals surface area contributed by atoms with Crippen molar-refractivity contribution in [2.75, 3.05) is 26.4 Å². The highest BCUT2D eigenvalue weighted by Gasteiger charge is 2.50. The summed E-state index contributed by atoms with van der Waals surface area (Å²) in [5, 5.41) is 0. The molecule has 5 unspecified atom stereocenters. The average Bonchev–Trinajstić information content (AvgIpc) is 3.21. The zero-order valence-electron chi connectivity index (χ0n) is 21.8. The first-order chi connectivity index (χ1) is 17.2. The molecule has 0 aromatic heterocycles. The normalized spacial score (nSPS) is 42.5. The lowest BCUT2D eigenvalue weighted by atomic mass is 9.78. The van der Waals surface area contributed by atoms with E-state index in [0.29, 0.717) is 11.8 Å². The van der Waals surface area contributed by atoms with Gasteiger partial charge in [-0.3, -0.25) is 0 Å². The summed E-state index contributed by atoms with van der Waals surface area (Å²) in [5.74, 6) is -0.132. The Kier molecular flexibility index (Phi) is 7.78. The van der Waals surface area contributed by atoms with Crippen LogP contribution in [-0.2, 0) is 28.4 Å². The standard InChI is InChI=1S/C29H48O6/c1-4-17-30-28(31-18-5-1)15-6-9-23(21-28)25-11-8-19-32-29(35-25)16-7-10-24(22-29)26-12-20-33-27(34-26)13-2-3-14-27/h23-26H,1-22H2. The molecule has 6 aliphatic rings. The van der Waals surface area contributed by atoms with Crippen LogP contribution in [0, 0.1) is 11.8 Å². The van der Waals surface area contributed by atoms with Crippen molar-refractivity contribution in [2.45, 2.75) is 145 Å². The molecule has 3 saturated heterocycles. The summed E-state index contributed by atoms with van der Waals surface area (Å²) >= 11 is 0. The summed E-state index contributed by atoms with van der Waals surface area (Å²) in [6.07, 6.45) is 20.5. The van der Waals surface area contributed by atoms with E-state index in [1.54, 1.807) is 0 Å². The van der Waals surface area contributed by atoms with E-state index in [2.05, 4.69) is 0 Å². The first-order valence-corrected chi connectivity index (χ1v) is 15.1. The van der Waals surface area contributed by atoms with E-state index >= 15 is 0 Å². The van der Waals surface area contributed by atoms with Gasteiger partial charge in [-0.15, -0.1) is 0 Å². The highest BCUT2D eigenvalue weighted by molar-refractivity contribution is 4.93. The van der Waals surface area contributed by atoms with Crippen LogP contribution >= 0.6 is 0 Å². The molecule has 0 radical (unpaired) electrons. The second kappa shape index (κ2) is 10.9. The quantitative estimate of drug-likeness (QED) is 0.454. The summed E-state index contributed by atoms with van der Waals surface area (Å²) in [5.41, 5.74) is 0. The van der Waals surface area contributed by atoms with Crippen molar-refractivity contribution in [1.82, 2.24) is 0 Å². The molecule has 6 heteroatoms. The lowest BCUT2D eigenvalue weighted by Gasteiger charge is -2.48. The van der Waals surface area contributed by atoms with Crippen molar-refractivity contribution < 1.29 is 28.4 Å². The molecule has 0 aromatic carbocycles. The summed E-state index contributed by atoms with van der Waals surface area (Å²) in [7, 11) is 0. The monoisotopic (exact) mass is 492 g/mol. The summed E-state index contributed by atoms with van der Waals surface area (Å²) in [6.45, 7) is 3.31. The minimum Gasteiger partial charge on any atom is -0.350 e. The summed E-state index contributed by atoms with van der Waals surface area (Å²) in [6, 6.07) is 0. The summed E-state index contributed by atoms with van der Waals surface area (Å²) in [4.78, 5) is 0. The fourth-order valence-corrected chi connectivity index (χ4v) is 8.03. The van der Waals surface area contributed by atoms with E-state index in [4.69, 9.17) is 28.4 Å². The van der Waals surface area contributed by atoms with Crippen molar-refractivity contribution in [3.8, 4) is 0 Å². The Hall–Kier alpha value is -0.240. The molecule has 35 heavy (non-hydrogen) atoms. The van der Waals surface area contributed by atoms with E-state index in [-0.39, 0.29) is 23.8 Å². The zero-order chi connectivity index (χ0) is 23.6. The Morgan fingerprint density at radius 2 is 0.943 bits per heavy atom. The lowest BCUT2D eigenvalue weighted by molar-refractivity contribution is -0.320. The molecular weight excluding hydrogens is 444 g/mol. The molecule has 6 fully saturated rings. The Balaban J connectivity index is 1.13. The third-order valence-electron chi connectivity index (χ3n) is 9.85. The van der Waals surface area contributed by atoms with E-state index in [1.165, 1.54) is 38.5 Å². The Morgan fingerprint density at radius 3 is 1.71 bits per heavy atom. The predicted molar refractivity (Wildman–Crippen MR) is 132 cm³/mol. The maximum atomic E-state index is 7.09. The summed E-state index contributed by atoms with van der Waals surface area (Å²) < 4.78 is 39.4. The predicted octanol–water partition coefficient (Wildman–Crippen LogP) is 6.25. The van der Waals surface area contributed by atoms with Crippen LogP contribution in [0.1, 0.15) is 116 Å². The van der Waals surface area contributed by atoms with Gasteiger partial charge in [-0.1, -0.05) is 0 Å². The fourth-order valence-electron chi connectivity index (χ4n) is 8.03. The molecule has 3 saturated carbocycles. The Bertz CT molecular complexity index is 685. The van der Waals surface area contributed by atoms with Crippen LogP contribution in [0.2, 0.25) is 0 Å². The molecule has 3 aliphatic heterocycles. The topological polar surface area (TPSA) is 55.4 Å². The van der Waals surface area contributed by atoms with Crippen molar-refractivity contribution in [2.24, 2.45) is 11.8 Å². The van der Waals surface area contributed by atoms with Gasteiger partial charge in [0.1, 0.15) is 0 Å². The van der Waals surface area contributed by atoms with Crippen LogP contribution in [0.15, 0.2) is 0 Å². The van der Waals surface area contributed by atoms with Crippen molar-refractivity contribution in [3.63, 3.8) is 0 Å². The van der Waals surface area contributed by atoms with Gasteiger partial charge in [-0.05, 0) is 88.9 Å². The van der Waals surface area contributed by atoms with Gasteiger partial charge >= 0.3 is 0 Å². The fraction of sp³-hybridized carbons (Fsp3) is 1.00. The molecule has 0 aromatic rings. The highest BCUT2D eigenvalue weighted by atomic mass is 16.7. The van der Waals surface area contributed by atoms with Gasteiger partial charge in [0.25, 0.3) is 0 Å². The largest absolute Gasteiger partial charge is 0.350 e. The average molecular weight is 493 g/mol. The molecule has 0 bridgehead atoms. The van der Waals surface area contributed by atoms with Gasteiger partial charge in [0.15, 0.2) is 17.4 Å². The van der Waals surface area contributed by atoms with Crippen LogP contribution in [0.3, 0.4) is 0 Å². The Morgan fingerprint density at radius 1 is 0.400 bits per heavy atom. The molecule has 5 atom stereocenters. The van der Waals surface area contributed by atoms with E-state index < -0.39 is 5.79 Å². The number of hydrogen-bond donors (Lipinski definition) is 0. The molecule has 0 N–H and O–H groups in total. The zero-order valence-corrected chi connectivity index (χ0v) is 21.8. The molecule has 0 amide bonds. The van der Waals surface area contributed by atoms with E-state index in [9.17, 15) is 0 Å². The third kappa shape index (κ3) is 5.63. The first-order valence-electron chi connectivity index (χ1n) is 15.1. The SMILES string of the molecule is C1CCOC2(CCCC(C3CCCOC4(CCCC(C5CCOC6(CCCC6)O5)C4)O3)C2)OCC1.